The van der Waals surface area contributed by atoms with Crippen LogP contribution < -0.4 is 5.84 Å². The zero-order valence-electron chi connectivity index (χ0n) is 4.28. The van der Waals surface area contributed by atoms with E-state index in [9.17, 15) is 0 Å². The van der Waals surface area contributed by atoms with E-state index in [0.717, 1.165) is 0 Å². The number of nitrogens with two attached hydrogens (primary N) is 1. The normalized spacial score (nSPS) is 20.2. The molecule has 0 aromatic rings. The average Bonchev–Trinajstić information content (AvgIpc) is 1.33. The Kier molecular flexibility index (Phi) is 6.13. The first kappa shape index (κ1) is 11.3. The first-order chi connectivity index (χ1) is 2.79. The fraction of sp³-hybridized carbons (Fsp3) is 1.00. The maximum atomic E-state index is 8.50. The summed E-state index contributed by atoms with van der Waals surface area (Å²) in [4.78, 5) is 0. The van der Waals surface area contributed by atoms with Crippen LogP contribution in [0.4, 0.5) is 0 Å². The monoisotopic (exact) mass is 160 g/mol. The summed E-state index contributed by atoms with van der Waals surface area (Å²) in [6, 6.07) is 0. The van der Waals surface area contributed by atoms with Crippen LogP contribution >= 0.6 is 24.8 Å². The molecule has 8 heavy (non-hydrogen) atoms. The molecule has 1 saturated heterocycles. The first-order valence-corrected chi connectivity index (χ1v) is 1.97. The van der Waals surface area contributed by atoms with Crippen molar-refractivity contribution in [3.8, 4) is 0 Å². The number of halogens is 2. The second kappa shape index (κ2) is 4.35. The molecule has 0 aliphatic carbocycles. The standard InChI is InChI=1S/C3H8N2O.2ClH/c4-5-1-3(6)2-5;;/h3,6H,1-2,4H2;2*1H. The number of aliphatic hydroxyl groups is 1. The summed E-state index contributed by atoms with van der Waals surface area (Å²) in [5, 5.41) is 10.1. The number of rotatable bonds is 0. The van der Waals surface area contributed by atoms with Gasteiger partial charge in [0.25, 0.3) is 0 Å². The molecule has 1 rings (SSSR count). The van der Waals surface area contributed by atoms with E-state index >= 15 is 0 Å². The van der Waals surface area contributed by atoms with Crippen molar-refractivity contribution in [2.45, 2.75) is 6.10 Å². The number of hydrazine groups is 1. The highest BCUT2D eigenvalue weighted by molar-refractivity contribution is 5.85. The zero-order chi connectivity index (χ0) is 4.57. The van der Waals surface area contributed by atoms with Crippen LogP contribution in [-0.2, 0) is 0 Å². The second-order valence-corrected chi connectivity index (χ2v) is 1.61. The average molecular weight is 161 g/mol. The molecule has 0 unspecified atom stereocenters. The largest absolute Gasteiger partial charge is 0.390 e. The van der Waals surface area contributed by atoms with Gasteiger partial charge in [-0.3, -0.25) is 5.84 Å². The molecule has 0 spiro atoms. The van der Waals surface area contributed by atoms with Gasteiger partial charge in [0.2, 0.25) is 0 Å². The molecule has 0 saturated carbocycles. The molecule has 5 heteroatoms. The van der Waals surface area contributed by atoms with E-state index < -0.39 is 0 Å². The van der Waals surface area contributed by atoms with E-state index in [4.69, 9.17) is 10.9 Å². The van der Waals surface area contributed by atoms with Gasteiger partial charge in [0.15, 0.2) is 0 Å². The minimum absolute atomic E-state index is 0. The fourth-order valence-electron chi connectivity index (χ4n) is 0.488. The van der Waals surface area contributed by atoms with Crippen LogP contribution in [0.3, 0.4) is 0 Å². The maximum absolute atomic E-state index is 8.50. The highest BCUT2D eigenvalue weighted by atomic mass is 35.5. The van der Waals surface area contributed by atoms with Crippen molar-refractivity contribution in [2.75, 3.05) is 13.1 Å². The topological polar surface area (TPSA) is 49.5 Å². The summed E-state index contributed by atoms with van der Waals surface area (Å²) in [6.45, 7) is 1.28. The summed E-state index contributed by atoms with van der Waals surface area (Å²) >= 11 is 0. The number of nitrogens with zero attached hydrogens (tertiary/aromatic N) is 1. The Morgan fingerprint density at radius 2 is 1.75 bits per heavy atom. The molecule has 0 aromatic carbocycles. The minimum Gasteiger partial charge on any atom is -0.390 e. The maximum Gasteiger partial charge on any atom is 0.0821 e. The third-order valence-corrected chi connectivity index (χ3v) is 0.891. The molecule has 52 valence electrons. The van der Waals surface area contributed by atoms with Crippen LogP contribution in [0.2, 0.25) is 0 Å². The SMILES string of the molecule is Cl.Cl.NN1CC(O)C1. The van der Waals surface area contributed by atoms with Crippen LogP contribution in [0.5, 0.6) is 0 Å². The van der Waals surface area contributed by atoms with Crippen LogP contribution in [0, 0.1) is 0 Å². The molecule has 1 aliphatic heterocycles. The summed E-state index contributed by atoms with van der Waals surface area (Å²) < 4.78 is 0. The van der Waals surface area contributed by atoms with Gasteiger partial charge in [-0.25, -0.2) is 5.01 Å². The lowest BCUT2D eigenvalue weighted by atomic mass is 10.2. The van der Waals surface area contributed by atoms with Crippen LogP contribution in [-0.4, -0.2) is 29.3 Å². The second-order valence-electron chi connectivity index (χ2n) is 1.61. The van der Waals surface area contributed by atoms with Gasteiger partial charge >= 0.3 is 0 Å². The summed E-state index contributed by atoms with van der Waals surface area (Å²) in [7, 11) is 0. The van der Waals surface area contributed by atoms with Crippen molar-refractivity contribution in [3.63, 3.8) is 0 Å². The molecule has 1 aliphatic rings. The Balaban J connectivity index is 0. The lowest BCUT2D eigenvalue weighted by Crippen LogP contribution is -2.54. The summed E-state index contributed by atoms with van der Waals surface area (Å²) in [5.41, 5.74) is 0. The van der Waals surface area contributed by atoms with Gasteiger partial charge in [-0.05, 0) is 0 Å². The van der Waals surface area contributed by atoms with Crippen molar-refractivity contribution >= 4 is 24.8 Å². The van der Waals surface area contributed by atoms with Gasteiger partial charge in [-0.2, -0.15) is 0 Å². The molecule has 0 radical (unpaired) electrons. The molecule has 0 amide bonds. The highest BCUT2D eigenvalue weighted by Gasteiger charge is 2.19. The van der Waals surface area contributed by atoms with Crippen molar-refractivity contribution in [1.82, 2.24) is 5.01 Å². The van der Waals surface area contributed by atoms with Gasteiger partial charge in [0, 0.05) is 13.1 Å². The van der Waals surface area contributed by atoms with Crippen molar-refractivity contribution in [1.29, 1.82) is 0 Å². The van der Waals surface area contributed by atoms with Crippen molar-refractivity contribution in [2.24, 2.45) is 5.84 Å². The molecule has 0 atom stereocenters. The third kappa shape index (κ3) is 2.69. The number of aliphatic hydroxyl groups excluding tert-OH is 1. The van der Waals surface area contributed by atoms with Gasteiger partial charge in [-0.1, -0.05) is 0 Å². The van der Waals surface area contributed by atoms with E-state index in [1.807, 2.05) is 0 Å². The Bertz CT molecular complexity index is 51.2. The first-order valence-electron chi connectivity index (χ1n) is 1.97. The lowest BCUT2D eigenvalue weighted by Gasteiger charge is -2.30. The van der Waals surface area contributed by atoms with Crippen LogP contribution in [0.25, 0.3) is 0 Å². The minimum atomic E-state index is -0.157. The fourth-order valence-corrected chi connectivity index (χ4v) is 0.488. The van der Waals surface area contributed by atoms with Crippen molar-refractivity contribution in [3.05, 3.63) is 0 Å². The third-order valence-electron chi connectivity index (χ3n) is 0.891. The molecule has 1 heterocycles. The van der Waals surface area contributed by atoms with Crippen LogP contribution in [0.1, 0.15) is 0 Å². The Morgan fingerprint density at radius 3 is 1.75 bits per heavy atom. The highest BCUT2D eigenvalue weighted by Crippen LogP contribution is 1.97. The molecule has 3 nitrogen and oxygen atoms in total. The number of β-amino-alcohol motifs (C(OH)–C–C–N with tert-alkyl or cyclic N) is 1. The molecular weight excluding hydrogens is 151 g/mol. The Morgan fingerprint density at radius 1 is 1.38 bits per heavy atom. The van der Waals surface area contributed by atoms with E-state index in [0.29, 0.717) is 13.1 Å². The summed E-state index contributed by atoms with van der Waals surface area (Å²) in [6.07, 6.45) is -0.157. The molecule has 3 N–H and O–H groups in total. The molecule has 0 bridgehead atoms. The predicted molar refractivity (Wildman–Crippen MR) is 36.3 cm³/mol. The van der Waals surface area contributed by atoms with Gasteiger partial charge < -0.3 is 5.11 Å². The molecular formula is C3H10Cl2N2O. The van der Waals surface area contributed by atoms with E-state index in [1.54, 1.807) is 5.01 Å². The van der Waals surface area contributed by atoms with Crippen molar-refractivity contribution < 1.29 is 5.11 Å². The van der Waals surface area contributed by atoms with Gasteiger partial charge in [-0.15, -0.1) is 24.8 Å². The number of hydrogen-bond donors (Lipinski definition) is 2. The lowest BCUT2D eigenvalue weighted by molar-refractivity contribution is 0.00188. The van der Waals surface area contributed by atoms with Gasteiger partial charge in [0.1, 0.15) is 0 Å². The van der Waals surface area contributed by atoms with E-state index in [2.05, 4.69) is 0 Å². The predicted octanol–water partition coefficient (Wildman–Crippen LogP) is -0.620. The molecule has 0 aromatic heterocycles. The summed E-state index contributed by atoms with van der Waals surface area (Å²) in [5.74, 6) is 5.14. The molecule has 1 fully saturated rings. The quantitative estimate of drug-likeness (QED) is 0.465. The van der Waals surface area contributed by atoms with E-state index in [-0.39, 0.29) is 30.9 Å². The Labute approximate surface area is 60.6 Å². The zero-order valence-corrected chi connectivity index (χ0v) is 5.91. The smallest absolute Gasteiger partial charge is 0.0821 e. The Hall–Kier alpha value is 0.460. The van der Waals surface area contributed by atoms with Crippen LogP contribution in [0.15, 0.2) is 0 Å². The van der Waals surface area contributed by atoms with E-state index in [1.165, 1.54) is 0 Å². The van der Waals surface area contributed by atoms with Gasteiger partial charge in [0.05, 0.1) is 6.10 Å². The number of hydrogen-bond acceptors (Lipinski definition) is 3.